The highest BCUT2D eigenvalue weighted by Gasteiger charge is 2.21. The maximum Gasteiger partial charge on any atom is 0.265 e. The first-order chi connectivity index (χ1) is 31.1. The van der Waals surface area contributed by atoms with E-state index >= 15 is 0 Å². The third-order valence-corrected chi connectivity index (χ3v) is 17.9. The van der Waals surface area contributed by atoms with Crippen molar-refractivity contribution in [1.29, 1.82) is 0 Å². The molecule has 1 saturated carbocycles. The number of thiophene rings is 4. The van der Waals surface area contributed by atoms with Crippen LogP contribution < -0.4 is 9.47 Å². The van der Waals surface area contributed by atoms with Crippen molar-refractivity contribution in [3.05, 3.63) is 46.2 Å². The van der Waals surface area contributed by atoms with Crippen LogP contribution in [0.3, 0.4) is 0 Å². The van der Waals surface area contributed by atoms with Crippen molar-refractivity contribution < 1.29 is 50.9 Å². The molecule has 2 unspecified atom stereocenters. The van der Waals surface area contributed by atoms with Gasteiger partial charge in [-0.2, -0.15) is 31.9 Å². The van der Waals surface area contributed by atoms with Gasteiger partial charge < -0.3 is 37.9 Å². The molecule has 5 rings (SSSR count). The van der Waals surface area contributed by atoms with E-state index in [9.17, 15) is 8.42 Å². The Morgan fingerprint density at radius 1 is 0.562 bits per heavy atom. The summed E-state index contributed by atoms with van der Waals surface area (Å²) in [4.78, 5) is 9.40. The molecule has 2 atom stereocenters. The van der Waals surface area contributed by atoms with Gasteiger partial charge in [0.05, 0.1) is 94.8 Å². The van der Waals surface area contributed by atoms with Gasteiger partial charge in [0, 0.05) is 52.6 Å². The van der Waals surface area contributed by atoms with E-state index in [-0.39, 0.29) is 5.75 Å². The van der Waals surface area contributed by atoms with Crippen LogP contribution in [0.15, 0.2) is 36.4 Å². The maximum atomic E-state index is 10.7. The normalized spacial score (nSPS) is 15.4. The van der Waals surface area contributed by atoms with E-state index in [1.165, 1.54) is 75.5 Å². The fourth-order valence-corrected chi connectivity index (χ4v) is 13.9. The second-order valence-corrected chi connectivity index (χ2v) is 24.3. The van der Waals surface area contributed by atoms with E-state index in [1.807, 2.05) is 11.8 Å². The average Bonchev–Trinajstić information content (AvgIpc) is 4.12. The summed E-state index contributed by atoms with van der Waals surface area (Å²) in [6.45, 7) is 13.8. The van der Waals surface area contributed by atoms with Crippen molar-refractivity contribution in [2.45, 2.75) is 59.3 Å². The fraction of sp³-hybridized carbons (Fsp3) is 0.652. The Balaban J connectivity index is 0.934. The molecular weight excluding hydrogens is 953 g/mol. The number of hydrogen-bond donors (Lipinski definition) is 1. The summed E-state index contributed by atoms with van der Waals surface area (Å²) >= 11 is 10.4. The van der Waals surface area contributed by atoms with Crippen molar-refractivity contribution in [1.82, 2.24) is 0 Å². The number of rotatable bonds is 37. The topological polar surface area (TPSA) is 128 Å². The van der Waals surface area contributed by atoms with Crippen LogP contribution in [0.25, 0.3) is 29.3 Å². The Morgan fingerprint density at radius 2 is 1.09 bits per heavy atom. The third-order valence-electron chi connectivity index (χ3n) is 10.2. The number of thioether (sulfide) groups is 2. The number of aryl methyl sites for hydroxylation is 2. The predicted octanol–water partition coefficient (Wildman–Crippen LogP) is 11.4. The maximum absolute atomic E-state index is 10.7. The lowest BCUT2D eigenvalue weighted by Gasteiger charge is -2.09. The van der Waals surface area contributed by atoms with Crippen molar-refractivity contribution in [3.8, 4) is 40.8 Å². The lowest BCUT2D eigenvalue weighted by Crippen LogP contribution is -2.13. The van der Waals surface area contributed by atoms with Crippen molar-refractivity contribution in [3.63, 3.8) is 0 Å². The lowest BCUT2D eigenvalue weighted by molar-refractivity contribution is 0.0118. The SMILES string of the molecule is Cc1ccc(-c2sc(-c3ccc(-c4sc(C)cc4OCCOCCOCCOCCSCCS(=O)(=O)O)s3)cc2OCCOCCOCCOCCSCCCCC2CCC(C)C2)s1. The zero-order chi connectivity index (χ0) is 45.2. The zero-order valence-electron chi connectivity index (χ0n) is 37.7. The molecule has 18 heteroatoms. The van der Waals surface area contributed by atoms with Crippen LogP contribution in [-0.2, 0) is 38.5 Å². The second-order valence-electron chi connectivity index (χ2n) is 15.6. The van der Waals surface area contributed by atoms with E-state index in [0.717, 1.165) is 55.2 Å². The van der Waals surface area contributed by atoms with Crippen LogP contribution in [0, 0.1) is 25.7 Å². The van der Waals surface area contributed by atoms with E-state index in [1.54, 1.807) is 45.3 Å². The summed E-state index contributed by atoms with van der Waals surface area (Å²) in [6, 6.07) is 12.9. The minimum absolute atomic E-state index is 0.243. The highest BCUT2D eigenvalue weighted by atomic mass is 32.2. The number of hydrogen-bond acceptors (Lipinski definition) is 16. The summed E-state index contributed by atoms with van der Waals surface area (Å²) < 4.78 is 76.9. The van der Waals surface area contributed by atoms with Gasteiger partial charge in [0.1, 0.15) is 24.7 Å². The average molecular weight is 1020 g/mol. The smallest absolute Gasteiger partial charge is 0.265 e. The molecule has 1 N–H and O–H groups in total. The first-order valence-corrected chi connectivity index (χ1v) is 29.6. The molecule has 0 spiro atoms. The van der Waals surface area contributed by atoms with E-state index in [2.05, 4.69) is 57.2 Å². The summed E-state index contributed by atoms with van der Waals surface area (Å²) in [7, 11) is -3.90. The molecule has 0 saturated heterocycles. The highest BCUT2D eigenvalue weighted by Crippen LogP contribution is 2.49. The Morgan fingerprint density at radius 3 is 1.67 bits per heavy atom. The first kappa shape index (κ1) is 53.7. The molecule has 1 aliphatic carbocycles. The monoisotopic (exact) mass is 1020 g/mol. The van der Waals surface area contributed by atoms with Crippen molar-refractivity contribution >= 4 is 79.0 Å². The van der Waals surface area contributed by atoms with E-state index in [0.29, 0.717) is 97.4 Å². The molecule has 4 aromatic rings. The Kier molecular flexibility index (Phi) is 26.0. The summed E-state index contributed by atoms with van der Waals surface area (Å²) in [5.41, 5.74) is 0. The van der Waals surface area contributed by atoms with Crippen molar-refractivity contribution in [2.75, 3.05) is 121 Å². The molecule has 4 heterocycles. The number of unbranched alkanes of at least 4 members (excludes halogenated alkanes) is 1. The Bertz CT molecular complexity index is 1960. The van der Waals surface area contributed by atoms with Gasteiger partial charge in [0.25, 0.3) is 10.1 Å². The van der Waals surface area contributed by atoms with E-state index < -0.39 is 10.1 Å². The van der Waals surface area contributed by atoms with Gasteiger partial charge in [-0.1, -0.05) is 32.6 Å². The van der Waals surface area contributed by atoms with Gasteiger partial charge in [-0.25, -0.2) is 0 Å². The van der Waals surface area contributed by atoms with Crippen LogP contribution in [-0.4, -0.2) is 134 Å². The molecule has 0 amide bonds. The largest absolute Gasteiger partial charge is 0.490 e. The third kappa shape index (κ3) is 21.4. The molecule has 11 nitrogen and oxygen atoms in total. The zero-order valence-corrected chi connectivity index (χ0v) is 43.4. The van der Waals surface area contributed by atoms with Gasteiger partial charge in [0.15, 0.2) is 0 Å². The predicted molar refractivity (Wildman–Crippen MR) is 271 cm³/mol. The first-order valence-electron chi connectivity index (χ1n) is 22.4. The van der Waals surface area contributed by atoms with Crippen LogP contribution in [0.2, 0.25) is 0 Å². The second kappa shape index (κ2) is 31.0. The number of ether oxygens (including phenoxy) is 8. The van der Waals surface area contributed by atoms with Crippen LogP contribution in [0.5, 0.6) is 11.5 Å². The molecule has 0 radical (unpaired) electrons. The quantitative estimate of drug-likeness (QED) is 0.0340. The lowest BCUT2D eigenvalue weighted by atomic mass is 10.00. The molecule has 4 aromatic heterocycles. The van der Waals surface area contributed by atoms with Crippen molar-refractivity contribution in [2.24, 2.45) is 11.8 Å². The standard InChI is InChI=1S/C46H68O11S7/c1-35-7-9-38(32-35)6-4-5-27-58-28-25-54-19-17-50-14-16-53-22-24-57-40-34-44(63-46(40)42-10-8-36(2)60-42)41-11-12-43(62-41)45-39(33-37(3)61-45)56-23-21-52-15-13-51-18-20-55-26-29-59-30-31-64(47,48)49/h8,10-12,33-35,38H,4-7,9,13-32H2,1-3H3,(H,47,48,49). The van der Waals surface area contributed by atoms with Gasteiger partial charge in [-0.15, -0.1) is 45.3 Å². The molecule has 0 bridgehead atoms. The molecule has 360 valence electrons. The summed E-state index contributed by atoms with van der Waals surface area (Å²) in [6.07, 6.45) is 8.46. The minimum atomic E-state index is -3.90. The molecule has 0 aliphatic heterocycles. The van der Waals surface area contributed by atoms with Gasteiger partial charge >= 0.3 is 0 Å². The Hall–Kier alpha value is -1.23. The van der Waals surface area contributed by atoms with Crippen LogP contribution in [0.1, 0.15) is 55.2 Å². The Labute approximate surface area is 406 Å². The molecule has 1 aliphatic rings. The van der Waals surface area contributed by atoms with Gasteiger partial charge in [-0.3, -0.25) is 4.55 Å². The van der Waals surface area contributed by atoms with Crippen LogP contribution in [0.4, 0.5) is 0 Å². The molecular formula is C46H68O11S7. The van der Waals surface area contributed by atoms with Crippen LogP contribution >= 0.6 is 68.9 Å². The van der Waals surface area contributed by atoms with Gasteiger partial charge in [0.2, 0.25) is 0 Å². The fourth-order valence-electron chi connectivity index (χ4n) is 7.03. The molecule has 1 fully saturated rings. The summed E-state index contributed by atoms with van der Waals surface area (Å²) in [5, 5.41) is 0. The summed E-state index contributed by atoms with van der Waals surface area (Å²) in [5.74, 6) is 6.73. The molecule has 0 aromatic carbocycles. The minimum Gasteiger partial charge on any atom is -0.490 e. The van der Waals surface area contributed by atoms with E-state index in [4.69, 9.17) is 42.4 Å². The van der Waals surface area contributed by atoms with Gasteiger partial charge in [-0.05, 0) is 74.6 Å². The highest BCUT2D eigenvalue weighted by molar-refractivity contribution is 8.00. The molecule has 64 heavy (non-hydrogen) atoms.